The first-order valence-electron chi connectivity index (χ1n) is 6.63. The fraction of sp³-hybridized carbons (Fsp3) is 0.0667. The molecule has 0 bridgehead atoms. The van der Waals surface area contributed by atoms with E-state index >= 15 is 0 Å². The zero-order valence-electron chi connectivity index (χ0n) is 12.1. The van der Waals surface area contributed by atoms with Crippen LogP contribution in [0.5, 0.6) is 5.75 Å². The average molecular weight is 394 g/mol. The molecule has 1 atom stereocenters. The van der Waals surface area contributed by atoms with E-state index in [4.69, 9.17) is 0 Å². The van der Waals surface area contributed by atoms with Crippen LogP contribution in [0.25, 0.3) is 0 Å². The van der Waals surface area contributed by atoms with Crippen LogP contribution in [-0.4, -0.2) is 27.3 Å². The van der Waals surface area contributed by atoms with E-state index in [9.17, 15) is 25.1 Å². The van der Waals surface area contributed by atoms with Gasteiger partial charge in [-0.2, -0.15) is 5.10 Å². The number of non-ortho nitro benzene ring substituents is 1. The predicted octanol–water partition coefficient (Wildman–Crippen LogP) is 2.25. The van der Waals surface area contributed by atoms with Crippen molar-refractivity contribution in [3.8, 4) is 5.75 Å². The fourth-order valence-corrected chi connectivity index (χ4v) is 2.29. The highest BCUT2D eigenvalue weighted by atomic mass is 79.9. The van der Waals surface area contributed by atoms with Gasteiger partial charge in [-0.25, -0.2) is 5.43 Å². The molecule has 3 N–H and O–H groups in total. The number of phenolic OH excluding ortho intramolecular Hbond substituents is 1. The number of hydrogen-bond acceptors (Lipinski definition) is 6. The van der Waals surface area contributed by atoms with E-state index in [1.165, 1.54) is 0 Å². The van der Waals surface area contributed by atoms with Crippen molar-refractivity contribution in [1.29, 1.82) is 0 Å². The smallest absolute Gasteiger partial charge is 0.273 e. The van der Waals surface area contributed by atoms with Crippen molar-refractivity contribution in [3.05, 3.63) is 68.2 Å². The number of carbonyl (C=O) groups is 1. The third-order valence-corrected chi connectivity index (χ3v) is 3.63. The quantitative estimate of drug-likeness (QED) is 0.408. The predicted molar refractivity (Wildman–Crippen MR) is 89.6 cm³/mol. The van der Waals surface area contributed by atoms with Crippen molar-refractivity contribution >= 4 is 33.7 Å². The highest BCUT2D eigenvalue weighted by molar-refractivity contribution is 9.10. The lowest BCUT2D eigenvalue weighted by molar-refractivity contribution is -0.385. The first kappa shape index (κ1) is 17.6. The van der Waals surface area contributed by atoms with Crippen LogP contribution in [0.2, 0.25) is 0 Å². The summed E-state index contributed by atoms with van der Waals surface area (Å²) in [7, 11) is 0. The molecular formula is C15H12BrN3O5. The highest BCUT2D eigenvalue weighted by Crippen LogP contribution is 2.31. The molecule has 0 aromatic heterocycles. The standard InChI is InChI=1S/C15H12BrN3O5/c16-12-7-11(19(23)24)6-10(13(12)20)8-17-18-15(22)14(21)9-4-2-1-3-5-9/h1-8,14,20-21H,(H,18,22). The number of aliphatic hydroxyl groups excluding tert-OH is 1. The van der Waals surface area contributed by atoms with Crippen LogP contribution in [0.1, 0.15) is 17.2 Å². The number of aliphatic hydroxyl groups is 1. The number of hydrogen-bond donors (Lipinski definition) is 3. The second-order valence-corrected chi connectivity index (χ2v) is 5.52. The van der Waals surface area contributed by atoms with Gasteiger partial charge in [-0.3, -0.25) is 14.9 Å². The molecule has 2 aromatic carbocycles. The van der Waals surface area contributed by atoms with E-state index < -0.39 is 16.9 Å². The summed E-state index contributed by atoms with van der Waals surface area (Å²) in [6.07, 6.45) is -0.364. The molecule has 0 fully saturated rings. The summed E-state index contributed by atoms with van der Waals surface area (Å²) < 4.78 is 0.119. The van der Waals surface area contributed by atoms with Crippen LogP contribution < -0.4 is 5.43 Å². The monoisotopic (exact) mass is 393 g/mol. The van der Waals surface area contributed by atoms with Gasteiger partial charge >= 0.3 is 0 Å². The minimum absolute atomic E-state index is 0.0329. The van der Waals surface area contributed by atoms with Gasteiger partial charge in [0.05, 0.1) is 15.6 Å². The molecule has 0 radical (unpaired) electrons. The largest absolute Gasteiger partial charge is 0.506 e. The van der Waals surface area contributed by atoms with E-state index in [0.29, 0.717) is 5.56 Å². The van der Waals surface area contributed by atoms with E-state index in [1.807, 2.05) is 0 Å². The van der Waals surface area contributed by atoms with Gasteiger partial charge in [0.2, 0.25) is 0 Å². The maximum atomic E-state index is 11.8. The summed E-state index contributed by atoms with van der Waals surface area (Å²) >= 11 is 3.00. The van der Waals surface area contributed by atoms with Crippen molar-refractivity contribution in [2.45, 2.75) is 6.10 Å². The van der Waals surface area contributed by atoms with Crippen LogP contribution in [0.15, 0.2) is 52.0 Å². The Morgan fingerprint density at radius 3 is 2.62 bits per heavy atom. The maximum absolute atomic E-state index is 11.8. The van der Waals surface area contributed by atoms with Crippen molar-refractivity contribution < 1.29 is 19.9 Å². The molecule has 0 aliphatic carbocycles. The van der Waals surface area contributed by atoms with Gasteiger partial charge < -0.3 is 10.2 Å². The van der Waals surface area contributed by atoms with Crippen molar-refractivity contribution in [1.82, 2.24) is 5.43 Å². The summed E-state index contributed by atoms with van der Waals surface area (Å²) in [6, 6.07) is 10.5. The molecule has 0 aliphatic heterocycles. The second-order valence-electron chi connectivity index (χ2n) is 4.67. The number of rotatable bonds is 5. The third kappa shape index (κ3) is 4.15. The topological polar surface area (TPSA) is 125 Å². The number of aromatic hydroxyl groups is 1. The van der Waals surface area contributed by atoms with E-state index in [1.54, 1.807) is 30.3 Å². The Kier molecular flexibility index (Phi) is 5.61. The highest BCUT2D eigenvalue weighted by Gasteiger charge is 2.17. The molecule has 0 spiro atoms. The molecule has 8 nitrogen and oxygen atoms in total. The number of hydrazone groups is 1. The summed E-state index contributed by atoms with van der Waals surface area (Å²) in [5, 5.41) is 34.1. The van der Waals surface area contributed by atoms with Gasteiger partial charge in [0.15, 0.2) is 6.10 Å². The Bertz CT molecular complexity index is 795. The normalized spacial score (nSPS) is 12.1. The Morgan fingerprint density at radius 2 is 2.00 bits per heavy atom. The zero-order valence-corrected chi connectivity index (χ0v) is 13.7. The summed E-state index contributed by atoms with van der Waals surface area (Å²) in [6.45, 7) is 0. The zero-order chi connectivity index (χ0) is 17.7. The molecule has 9 heteroatoms. The van der Waals surface area contributed by atoms with Gasteiger partial charge in [0.25, 0.3) is 11.6 Å². The first-order chi connectivity index (χ1) is 11.4. The number of nitrogens with zero attached hydrogens (tertiary/aromatic N) is 2. The Morgan fingerprint density at radius 1 is 1.33 bits per heavy atom. The number of nitro groups is 1. The van der Waals surface area contributed by atoms with Crippen LogP contribution >= 0.6 is 15.9 Å². The number of halogens is 1. The van der Waals surface area contributed by atoms with Gasteiger partial charge in [0, 0.05) is 17.7 Å². The summed E-state index contributed by atoms with van der Waals surface area (Å²) in [5.74, 6) is -1.04. The number of nitrogens with one attached hydrogen (secondary N) is 1. The molecular weight excluding hydrogens is 382 g/mol. The number of nitro benzene ring substituents is 1. The van der Waals surface area contributed by atoms with Crippen molar-refractivity contribution in [3.63, 3.8) is 0 Å². The minimum Gasteiger partial charge on any atom is -0.506 e. The van der Waals surface area contributed by atoms with Gasteiger partial charge in [-0.15, -0.1) is 0 Å². The van der Waals surface area contributed by atoms with Gasteiger partial charge in [-0.1, -0.05) is 30.3 Å². The van der Waals surface area contributed by atoms with Crippen molar-refractivity contribution in [2.75, 3.05) is 0 Å². The molecule has 2 aromatic rings. The van der Waals surface area contributed by atoms with E-state index in [0.717, 1.165) is 18.3 Å². The Balaban J connectivity index is 2.11. The molecule has 0 saturated carbocycles. The molecule has 0 aliphatic rings. The molecule has 1 unspecified atom stereocenters. The average Bonchev–Trinajstić information content (AvgIpc) is 2.58. The lowest BCUT2D eigenvalue weighted by atomic mass is 10.1. The minimum atomic E-state index is -1.41. The lowest BCUT2D eigenvalue weighted by Crippen LogP contribution is -2.25. The summed E-state index contributed by atoms with van der Waals surface area (Å²) in [4.78, 5) is 22.0. The Hall–Kier alpha value is -2.78. The van der Waals surface area contributed by atoms with Crippen LogP contribution in [0, 0.1) is 10.1 Å². The van der Waals surface area contributed by atoms with Crippen molar-refractivity contribution in [2.24, 2.45) is 5.10 Å². The first-order valence-corrected chi connectivity index (χ1v) is 7.42. The van der Waals surface area contributed by atoms with E-state index in [-0.39, 0.29) is 21.5 Å². The fourth-order valence-electron chi connectivity index (χ4n) is 1.82. The van der Waals surface area contributed by atoms with Crippen LogP contribution in [0.4, 0.5) is 5.69 Å². The Labute approximate surface area is 144 Å². The molecule has 1 amide bonds. The molecule has 124 valence electrons. The lowest BCUT2D eigenvalue weighted by Gasteiger charge is -2.08. The van der Waals surface area contributed by atoms with E-state index in [2.05, 4.69) is 26.5 Å². The maximum Gasteiger partial charge on any atom is 0.273 e. The van der Waals surface area contributed by atoms with Crippen LogP contribution in [0.3, 0.4) is 0 Å². The number of benzene rings is 2. The van der Waals surface area contributed by atoms with Gasteiger partial charge in [-0.05, 0) is 21.5 Å². The molecule has 24 heavy (non-hydrogen) atoms. The molecule has 2 rings (SSSR count). The number of carbonyl (C=O) groups excluding carboxylic acids is 1. The summed E-state index contributed by atoms with van der Waals surface area (Å²) in [5.41, 5.74) is 2.28. The second kappa shape index (κ2) is 7.66. The molecule has 0 heterocycles. The van der Waals surface area contributed by atoms with Crippen LogP contribution in [-0.2, 0) is 4.79 Å². The third-order valence-electron chi connectivity index (χ3n) is 3.03. The SMILES string of the molecule is O=C(NN=Cc1cc([N+](=O)[O-])cc(Br)c1O)C(O)c1ccccc1. The molecule has 0 saturated heterocycles. The van der Waals surface area contributed by atoms with Gasteiger partial charge in [0.1, 0.15) is 5.75 Å². The number of phenols is 1. The number of amides is 1.